The predicted octanol–water partition coefficient (Wildman–Crippen LogP) is 4.70. The van der Waals surface area contributed by atoms with Crippen LogP contribution in [-0.4, -0.2) is 0 Å². The van der Waals surface area contributed by atoms with Crippen LogP contribution in [-0.2, 0) is 0 Å². The van der Waals surface area contributed by atoms with Crippen molar-refractivity contribution >= 4 is 0 Å². The Hall–Kier alpha value is -0.260. The van der Waals surface area contributed by atoms with Gasteiger partial charge in [0.05, 0.1) is 0 Å². The van der Waals surface area contributed by atoms with Crippen molar-refractivity contribution in [3.05, 3.63) is 11.6 Å². The van der Waals surface area contributed by atoms with Gasteiger partial charge >= 0.3 is 0 Å². The Morgan fingerprint density at radius 1 is 1.00 bits per heavy atom. The third-order valence-electron chi connectivity index (χ3n) is 2.23. The summed E-state index contributed by atoms with van der Waals surface area (Å²) in [6.45, 7) is 6.73. The van der Waals surface area contributed by atoms with E-state index in [2.05, 4.69) is 26.8 Å². The monoisotopic (exact) mass is 168 g/mol. The first-order valence-corrected chi connectivity index (χ1v) is 5.46. The fourth-order valence-corrected chi connectivity index (χ4v) is 1.46. The third kappa shape index (κ3) is 7.84. The van der Waals surface area contributed by atoms with Crippen LogP contribution in [0.1, 0.15) is 65.7 Å². The lowest BCUT2D eigenvalue weighted by atomic mass is 10.1. The molecular weight excluding hydrogens is 144 g/mol. The molecule has 0 radical (unpaired) electrons. The second kappa shape index (κ2) is 8.83. The van der Waals surface area contributed by atoms with Gasteiger partial charge in [0.2, 0.25) is 0 Å². The zero-order valence-corrected chi connectivity index (χ0v) is 9.03. The van der Waals surface area contributed by atoms with Crippen molar-refractivity contribution < 1.29 is 0 Å². The molecule has 0 heteroatoms. The van der Waals surface area contributed by atoms with E-state index in [1.54, 1.807) is 5.57 Å². The molecule has 0 aromatic heterocycles. The fraction of sp³-hybridized carbons (Fsp3) is 0.833. The maximum absolute atomic E-state index is 2.35. The van der Waals surface area contributed by atoms with Gasteiger partial charge in [-0.2, -0.15) is 0 Å². The van der Waals surface area contributed by atoms with E-state index < -0.39 is 0 Å². The molecule has 0 amide bonds. The van der Waals surface area contributed by atoms with Crippen LogP contribution in [0.4, 0.5) is 0 Å². The molecule has 0 aromatic rings. The average molecular weight is 168 g/mol. The topological polar surface area (TPSA) is 0 Å². The van der Waals surface area contributed by atoms with Gasteiger partial charge < -0.3 is 0 Å². The van der Waals surface area contributed by atoms with Crippen LogP contribution in [0.25, 0.3) is 0 Å². The first-order valence-electron chi connectivity index (χ1n) is 5.46. The molecule has 0 N–H and O–H groups in total. The highest BCUT2D eigenvalue weighted by Gasteiger charge is 1.90. The van der Waals surface area contributed by atoms with Crippen molar-refractivity contribution in [2.75, 3.05) is 0 Å². The molecule has 0 aromatic carbocycles. The van der Waals surface area contributed by atoms with E-state index in [1.807, 2.05) is 0 Å². The molecule has 12 heavy (non-hydrogen) atoms. The lowest BCUT2D eigenvalue weighted by Crippen LogP contribution is -1.80. The standard InChI is InChI=1S/C12H24/c1-4-6-7-8-9-11-12(3)10-5-2/h10H,4-9,11H2,1-3H3. The van der Waals surface area contributed by atoms with Crippen molar-refractivity contribution in [3.8, 4) is 0 Å². The van der Waals surface area contributed by atoms with Gasteiger partial charge in [-0.15, -0.1) is 0 Å². The lowest BCUT2D eigenvalue weighted by molar-refractivity contribution is 0.630. The van der Waals surface area contributed by atoms with Gasteiger partial charge in [-0.25, -0.2) is 0 Å². The second-order valence-corrected chi connectivity index (χ2v) is 3.62. The highest BCUT2D eigenvalue weighted by atomic mass is 14.0. The van der Waals surface area contributed by atoms with Crippen LogP contribution in [0, 0.1) is 0 Å². The van der Waals surface area contributed by atoms with Gasteiger partial charge in [-0.05, 0) is 26.2 Å². The Morgan fingerprint density at radius 2 is 1.67 bits per heavy atom. The zero-order chi connectivity index (χ0) is 9.23. The van der Waals surface area contributed by atoms with Gasteiger partial charge in [0.15, 0.2) is 0 Å². The zero-order valence-electron chi connectivity index (χ0n) is 9.03. The molecule has 0 rings (SSSR count). The fourth-order valence-electron chi connectivity index (χ4n) is 1.46. The summed E-state index contributed by atoms with van der Waals surface area (Å²) >= 11 is 0. The Kier molecular flexibility index (Phi) is 8.64. The normalized spacial score (nSPS) is 12.1. The predicted molar refractivity (Wildman–Crippen MR) is 57.4 cm³/mol. The van der Waals surface area contributed by atoms with Crippen LogP contribution in [0.15, 0.2) is 11.6 Å². The number of rotatable bonds is 7. The molecule has 0 atom stereocenters. The van der Waals surface area contributed by atoms with E-state index in [1.165, 1.54) is 44.9 Å². The van der Waals surface area contributed by atoms with E-state index in [-0.39, 0.29) is 0 Å². The molecule has 0 unspecified atom stereocenters. The molecule has 0 nitrogen and oxygen atoms in total. The third-order valence-corrected chi connectivity index (χ3v) is 2.23. The number of hydrogen-bond acceptors (Lipinski definition) is 0. The Morgan fingerprint density at radius 3 is 2.25 bits per heavy atom. The molecule has 0 aliphatic rings. The summed E-state index contributed by atoms with van der Waals surface area (Å²) in [4.78, 5) is 0. The van der Waals surface area contributed by atoms with Crippen LogP contribution >= 0.6 is 0 Å². The molecule has 0 heterocycles. The summed E-state index contributed by atoms with van der Waals surface area (Å²) in [5.74, 6) is 0. The van der Waals surface area contributed by atoms with Crippen LogP contribution in [0.5, 0.6) is 0 Å². The SMILES string of the molecule is CCC=C(C)CCCCCCC. The number of allylic oxidation sites excluding steroid dienone is 2. The maximum atomic E-state index is 2.35. The molecule has 0 aliphatic heterocycles. The first-order chi connectivity index (χ1) is 5.81. The van der Waals surface area contributed by atoms with Crippen LogP contribution < -0.4 is 0 Å². The molecule has 0 fully saturated rings. The van der Waals surface area contributed by atoms with E-state index >= 15 is 0 Å². The summed E-state index contributed by atoms with van der Waals surface area (Å²) in [5.41, 5.74) is 1.58. The Bertz CT molecular complexity index is 111. The van der Waals surface area contributed by atoms with E-state index in [4.69, 9.17) is 0 Å². The summed E-state index contributed by atoms with van der Waals surface area (Å²) in [5, 5.41) is 0. The highest BCUT2D eigenvalue weighted by molar-refractivity contribution is 4.96. The Labute approximate surface area is 78.1 Å². The maximum Gasteiger partial charge on any atom is -0.0323 e. The van der Waals surface area contributed by atoms with Gasteiger partial charge in [0.25, 0.3) is 0 Å². The smallest absolute Gasteiger partial charge is 0.0323 e. The molecule has 0 spiro atoms. The number of hydrogen-bond donors (Lipinski definition) is 0. The van der Waals surface area contributed by atoms with Crippen molar-refractivity contribution in [3.63, 3.8) is 0 Å². The minimum atomic E-state index is 1.20. The van der Waals surface area contributed by atoms with Gasteiger partial charge in [-0.1, -0.05) is 51.2 Å². The highest BCUT2D eigenvalue weighted by Crippen LogP contribution is 2.10. The average Bonchev–Trinajstić information content (AvgIpc) is 2.05. The second-order valence-electron chi connectivity index (χ2n) is 3.62. The molecule has 0 aliphatic carbocycles. The van der Waals surface area contributed by atoms with E-state index in [0.717, 1.165) is 0 Å². The summed E-state index contributed by atoms with van der Waals surface area (Å²) in [7, 11) is 0. The minimum absolute atomic E-state index is 1.20. The van der Waals surface area contributed by atoms with E-state index in [0.29, 0.717) is 0 Å². The number of unbranched alkanes of at least 4 members (excludes halogenated alkanes) is 4. The largest absolute Gasteiger partial charge is 0.0859 e. The molecule has 0 bridgehead atoms. The summed E-state index contributed by atoms with van der Waals surface area (Å²) in [6, 6.07) is 0. The van der Waals surface area contributed by atoms with Crippen molar-refractivity contribution in [1.82, 2.24) is 0 Å². The molecule has 0 saturated heterocycles. The first kappa shape index (κ1) is 11.7. The molecular formula is C12H24. The Balaban J connectivity index is 3.14. The minimum Gasteiger partial charge on any atom is -0.0859 e. The lowest BCUT2D eigenvalue weighted by Gasteiger charge is -2.00. The molecule has 0 saturated carbocycles. The van der Waals surface area contributed by atoms with Gasteiger partial charge in [0, 0.05) is 0 Å². The van der Waals surface area contributed by atoms with Crippen molar-refractivity contribution in [2.24, 2.45) is 0 Å². The van der Waals surface area contributed by atoms with Crippen molar-refractivity contribution in [1.29, 1.82) is 0 Å². The van der Waals surface area contributed by atoms with Crippen LogP contribution in [0.3, 0.4) is 0 Å². The summed E-state index contributed by atoms with van der Waals surface area (Å²) < 4.78 is 0. The van der Waals surface area contributed by atoms with Crippen molar-refractivity contribution in [2.45, 2.75) is 65.7 Å². The molecule has 72 valence electrons. The quantitative estimate of drug-likeness (QED) is 0.382. The van der Waals surface area contributed by atoms with E-state index in [9.17, 15) is 0 Å². The van der Waals surface area contributed by atoms with Gasteiger partial charge in [0.1, 0.15) is 0 Å². The van der Waals surface area contributed by atoms with Gasteiger partial charge in [-0.3, -0.25) is 0 Å². The van der Waals surface area contributed by atoms with Crippen LogP contribution in [0.2, 0.25) is 0 Å². The summed E-state index contributed by atoms with van der Waals surface area (Å²) in [6.07, 6.45) is 11.9.